The zero-order valence-electron chi connectivity index (χ0n) is 11.4. The Morgan fingerprint density at radius 2 is 1.68 bits per heavy atom. The van der Waals surface area contributed by atoms with Gasteiger partial charge in [-0.05, 0) is 35.4 Å². The Kier molecular flexibility index (Phi) is 3.21. The van der Waals surface area contributed by atoms with E-state index >= 15 is 0 Å². The van der Waals surface area contributed by atoms with Crippen LogP contribution in [0.1, 0.15) is 44.2 Å². The Morgan fingerprint density at radius 3 is 2.00 bits per heavy atom. The Morgan fingerprint density at radius 1 is 1.21 bits per heavy atom. The summed E-state index contributed by atoms with van der Waals surface area (Å²) in [5, 5.41) is 9.63. The molecule has 1 nitrogen and oxygen atoms in total. The first kappa shape index (κ1) is 14.4. The summed E-state index contributed by atoms with van der Waals surface area (Å²) < 4.78 is 37.5. The van der Waals surface area contributed by atoms with Gasteiger partial charge in [-0.15, -0.1) is 0 Å². The summed E-state index contributed by atoms with van der Waals surface area (Å²) in [4.78, 5) is 0. The molecule has 1 aromatic carbocycles. The number of alkyl halides is 3. The van der Waals surface area contributed by atoms with E-state index in [1.54, 1.807) is 0 Å². The molecule has 1 aromatic rings. The van der Waals surface area contributed by atoms with Gasteiger partial charge in [-0.2, -0.15) is 13.2 Å². The van der Waals surface area contributed by atoms with Crippen molar-refractivity contribution in [1.29, 1.82) is 0 Å². The standard InChI is InChI=1S/C15H19F3O/c1-10(14(9-19)8-13(14,2)3)11-4-6-12(7-5-11)15(16,17)18/h4-7,10,19H,8-9H2,1-3H3. The van der Waals surface area contributed by atoms with E-state index in [-0.39, 0.29) is 23.4 Å². The third-order valence-electron chi connectivity index (χ3n) is 4.83. The molecule has 0 spiro atoms. The van der Waals surface area contributed by atoms with Crippen LogP contribution in [0.5, 0.6) is 0 Å². The first-order valence-corrected chi connectivity index (χ1v) is 6.42. The van der Waals surface area contributed by atoms with E-state index in [0.717, 1.165) is 24.1 Å². The van der Waals surface area contributed by atoms with Gasteiger partial charge in [0.15, 0.2) is 0 Å². The topological polar surface area (TPSA) is 20.2 Å². The first-order chi connectivity index (χ1) is 8.64. The van der Waals surface area contributed by atoms with Crippen LogP contribution in [0, 0.1) is 10.8 Å². The highest BCUT2D eigenvalue weighted by Crippen LogP contribution is 2.69. The molecule has 4 heteroatoms. The molecule has 1 saturated carbocycles. The molecule has 0 saturated heterocycles. The van der Waals surface area contributed by atoms with Crippen LogP contribution in [0.25, 0.3) is 0 Å². The molecule has 2 unspecified atom stereocenters. The summed E-state index contributed by atoms with van der Waals surface area (Å²) >= 11 is 0. The van der Waals surface area contributed by atoms with Gasteiger partial charge >= 0.3 is 6.18 Å². The summed E-state index contributed by atoms with van der Waals surface area (Å²) in [5.74, 6) is 0.0507. The highest BCUT2D eigenvalue weighted by Gasteiger charge is 2.63. The molecule has 2 rings (SSSR count). The van der Waals surface area contributed by atoms with E-state index in [9.17, 15) is 18.3 Å². The Balaban J connectivity index is 2.24. The molecule has 1 aliphatic carbocycles. The lowest BCUT2D eigenvalue weighted by atomic mass is 9.80. The van der Waals surface area contributed by atoms with Gasteiger partial charge in [-0.3, -0.25) is 0 Å². The lowest BCUT2D eigenvalue weighted by Crippen LogP contribution is -2.21. The number of aliphatic hydroxyl groups is 1. The fourth-order valence-electron chi connectivity index (χ4n) is 3.17. The lowest BCUT2D eigenvalue weighted by molar-refractivity contribution is -0.137. The van der Waals surface area contributed by atoms with Crippen LogP contribution in [-0.4, -0.2) is 11.7 Å². The van der Waals surface area contributed by atoms with Crippen LogP contribution in [0.15, 0.2) is 24.3 Å². The van der Waals surface area contributed by atoms with Gasteiger partial charge in [0.05, 0.1) is 5.56 Å². The van der Waals surface area contributed by atoms with Crippen molar-refractivity contribution in [2.75, 3.05) is 6.61 Å². The van der Waals surface area contributed by atoms with Crippen LogP contribution in [0.2, 0.25) is 0 Å². The highest BCUT2D eigenvalue weighted by atomic mass is 19.4. The molecule has 0 heterocycles. The summed E-state index contributed by atoms with van der Waals surface area (Å²) in [7, 11) is 0. The fourth-order valence-corrected chi connectivity index (χ4v) is 3.17. The van der Waals surface area contributed by atoms with E-state index in [4.69, 9.17) is 0 Å². The average Bonchev–Trinajstić information content (AvgIpc) is 2.91. The van der Waals surface area contributed by atoms with E-state index in [0.29, 0.717) is 0 Å². The summed E-state index contributed by atoms with van der Waals surface area (Å²) in [6, 6.07) is 5.29. The first-order valence-electron chi connectivity index (χ1n) is 6.42. The third-order valence-corrected chi connectivity index (χ3v) is 4.83. The normalized spacial score (nSPS) is 27.1. The Hall–Kier alpha value is -1.03. The van der Waals surface area contributed by atoms with Crippen molar-refractivity contribution in [3.05, 3.63) is 35.4 Å². The van der Waals surface area contributed by atoms with Gasteiger partial charge in [0.1, 0.15) is 0 Å². The van der Waals surface area contributed by atoms with E-state index in [2.05, 4.69) is 13.8 Å². The van der Waals surface area contributed by atoms with Crippen LogP contribution < -0.4 is 0 Å². The number of rotatable bonds is 3. The van der Waals surface area contributed by atoms with Gasteiger partial charge in [-0.25, -0.2) is 0 Å². The summed E-state index contributed by atoms with van der Waals surface area (Å²) in [6.07, 6.45) is -3.39. The van der Waals surface area contributed by atoms with Crippen molar-refractivity contribution in [1.82, 2.24) is 0 Å². The molecule has 0 aromatic heterocycles. The number of benzene rings is 1. The second kappa shape index (κ2) is 4.23. The highest BCUT2D eigenvalue weighted by molar-refractivity contribution is 5.31. The predicted octanol–water partition coefficient (Wildman–Crippen LogP) is 4.22. The van der Waals surface area contributed by atoms with Crippen molar-refractivity contribution in [2.24, 2.45) is 10.8 Å². The summed E-state index contributed by atoms with van der Waals surface area (Å²) in [5.41, 5.74) is 0.0700. The second-order valence-electron chi connectivity index (χ2n) is 6.22. The van der Waals surface area contributed by atoms with Crippen LogP contribution in [-0.2, 0) is 6.18 Å². The minimum Gasteiger partial charge on any atom is -0.396 e. The van der Waals surface area contributed by atoms with Crippen molar-refractivity contribution < 1.29 is 18.3 Å². The number of aliphatic hydroxyl groups excluding tert-OH is 1. The molecular formula is C15H19F3O. The molecule has 19 heavy (non-hydrogen) atoms. The molecular weight excluding hydrogens is 253 g/mol. The van der Waals surface area contributed by atoms with Crippen LogP contribution in [0.4, 0.5) is 13.2 Å². The minimum absolute atomic E-state index is 0.0455. The molecule has 1 aliphatic rings. The van der Waals surface area contributed by atoms with E-state index in [1.807, 2.05) is 6.92 Å². The maximum Gasteiger partial charge on any atom is 0.416 e. The van der Waals surface area contributed by atoms with Crippen molar-refractivity contribution >= 4 is 0 Å². The van der Waals surface area contributed by atoms with Crippen LogP contribution in [0.3, 0.4) is 0 Å². The smallest absolute Gasteiger partial charge is 0.396 e. The maximum absolute atomic E-state index is 12.5. The molecule has 2 atom stereocenters. The van der Waals surface area contributed by atoms with Gasteiger partial charge in [0.25, 0.3) is 0 Å². The maximum atomic E-state index is 12.5. The van der Waals surface area contributed by atoms with Crippen molar-refractivity contribution in [3.8, 4) is 0 Å². The molecule has 1 fully saturated rings. The lowest BCUT2D eigenvalue weighted by Gasteiger charge is -2.26. The van der Waals surface area contributed by atoms with Crippen molar-refractivity contribution in [3.63, 3.8) is 0 Å². The second-order valence-corrected chi connectivity index (χ2v) is 6.22. The Labute approximate surface area is 111 Å². The molecule has 0 aliphatic heterocycles. The quantitative estimate of drug-likeness (QED) is 0.873. The van der Waals surface area contributed by atoms with E-state index < -0.39 is 11.7 Å². The van der Waals surface area contributed by atoms with Gasteiger partial charge < -0.3 is 5.11 Å². The molecule has 1 N–H and O–H groups in total. The monoisotopic (exact) mass is 272 g/mol. The SMILES string of the molecule is CC(c1ccc(C(F)(F)F)cc1)C1(CO)CC1(C)C. The average molecular weight is 272 g/mol. The fraction of sp³-hybridized carbons (Fsp3) is 0.600. The van der Waals surface area contributed by atoms with Crippen molar-refractivity contribution in [2.45, 2.75) is 39.3 Å². The predicted molar refractivity (Wildman–Crippen MR) is 67.8 cm³/mol. The van der Waals surface area contributed by atoms with Gasteiger partial charge in [0, 0.05) is 12.0 Å². The number of hydrogen-bond acceptors (Lipinski definition) is 1. The zero-order valence-corrected chi connectivity index (χ0v) is 11.4. The van der Waals surface area contributed by atoms with Gasteiger partial charge in [-0.1, -0.05) is 32.9 Å². The molecule has 0 amide bonds. The number of halogens is 3. The Bertz CT molecular complexity index is 461. The number of hydrogen-bond donors (Lipinski definition) is 1. The molecule has 0 radical (unpaired) electrons. The van der Waals surface area contributed by atoms with Gasteiger partial charge in [0.2, 0.25) is 0 Å². The third kappa shape index (κ3) is 2.27. The minimum atomic E-state index is -4.30. The zero-order chi connectivity index (χ0) is 14.5. The largest absolute Gasteiger partial charge is 0.416 e. The van der Waals surface area contributed by atoms with Crippen LogP contribution >= 0.6 is 0 Å². The summed E-state index contributed by atoms with van der Waals surface area (Å²) in [6.45, 7) is 6.23. The van der Waals surface area contributed by atoms with E-state index in [1.165, 1.54) is 12.1 Å². The molecule has 106 valence electrons. The molecule has 0 bridgehead atoms.